The molecular weight excluding hydrogens is 442 g/mol. The molecule has 0 radical (unpaired) electrons. The number of thiophene rings is 1. The second kappa shape index (κ2) is 11.3. The van der Waals surface area contributed by atoms with Crippen molar-refractivity contribution < 1.29 is 23.8 Å². The van der Waals surface area contributed by atoms with Gasteiger partial charge >= 0.3 is 5.97 Å². The molecule has 3 rings (SSSR count). The fourth-order valence-corrected chi connectivity index (χ4v) is 4.60. The lowest BCUT2D eigenvalue weighted by molar-refractivity contribution is -0.146. The molecule has 1 aliphatic rings. The molecule has 0 saturated heterocycles. The Morgan fingerprint density at radius 3 is 2.58 bits per heavy atom. The maximum Gasteiger partial charge on any atom is 0.309 e. The first kappa shape index (κ1) is 24.7. The molecule has 0 saturated carbocycles. The van der Waals surface area contributed by atoms with Crippen LogP contribution in [0.1, 0.15) is 36.8 Å². The van der Waals surface area contributed by atoms with E-state index in [9.17, 15) is 9.59 Å². The van der Waals surface area contributed by atoms with Crippen LogP contribution >= 0.6 is 11.3 Å². The molecule has 0 N–H and O–H groups in total. The third-order valence-corrected chi connectivity index (χ3v) is 6.62. The van der Waals surface area contributed by atoms with Gasteiger partial charge in [-0.15, -0.1) is 11.3 Å². The number of hydrazone groups is 1. The van der Waals surface area contributed by atoms with Gasteiger partial charge in [0.05, 0.1) is 50.4 Å². The molecule has 2 atom stereocenters. The average molecular weight is 474 g/mol. The minimum atomic E-state index is -0.326. The number of methoxy groups -OCH3 is 3. The molecule has 9 heteroatoms. The van der Waals surface area contributed by atoms with Gasteiger partial charge in [0.2, 0.25) is 0 Å². The van der Waals surface area contributed by atoms with E-state index in [4.69, 9.17) is 19.3 Å². The van der Waals surface area contributed by atoms with Crippen molar-refractivity contribution in [3.05, 3.63) is 46.2 Å². The van der Waals surface area contributed by atoms with Gasteiger partial charge in [0, 0.05) is 13.0 Å². The SMILES string of the molecule is CCN(CC(=O)N1N=C(c2cccs2)CC1c1ccc(OC)c(OC)c1)CC(C)C(=O)OC. The van der Waals surface area contributed by atoms with Crippen LogP contribution in [-0.2, 0) is 14.3 Å². The molecule has 0 fully saturated rings. The van der Waals surface area contributed by atoms with Crippen LogP contribution in [0.25, 0.3) is 0 Å². The highest BCUT2D eigenvalue weighted by atomic mass is 32.1. The maximum atomic E-state index is 13.4. The second-order valence-electron chi connectivity index (χ2n) is 7.85. The quantitative estimate of drug-likeness (QED) is 0.491. The lowest BCUT2D eigenvalue weighted by Gasteiger charge is -2.27. The maximum absolute atomic E-state index is 13.4. The molecule has 1 aromatic carbocycles. The van der Waals surface area contributed by atoms with Gasteiger partial charge in [-0.25, -0.2) is 5.01 Å². The second-order valence-corrected chi connectivity index (χ2v) is 8.80. The fourth-order valence-electron chi connectivity index (χ4n) is 3.88. The Morgan fingerprint density at radius 1 is 1.21 bits per heavy atom. The number of amides is 1. The van der Waals surface area contributed by atoms with Gasteiger partial charge in [-0.1, -0.05) is 26.0 Å². The van der Waals surface area contributed by atoms with Gasteiger partial charge in [0.15, 0.2) is 11.5 Å². The molecule has 33 heavy (non-hydrogen) atoms. The number of carbonyl (C=O) groups is 2. The molecule has 0 spiro atoms. The first-order valence-corrected chi connectivity index (χ1v) is 11.7. The fraction of sp³-hybridized carbons (Fsp3) is 0.458. The van der Waals surface area contributed by atoms with Crippen LogP contribution in [0.2, 0.25) is 0 Å². The largest absolute Gasteiger partial charge is 0.493 e. The van der Waals surface area contributed by atoms with Gasteiger partial charge in [0.25, 0.3) is 5.91 Å². The predicted octanol–water partition coefficient (Wildman–Crippen LogP) is 3.57. The molecule has 1 amide bonds. The summed E-state index contributed by atoms with van der Waals surface area (Å²) < 4.78 is 15.7. The van der Waals surface area contributed by atoms with Crippen molar-refractivity contribution in [1.29, 1.82) is 0 Å². The van der Waals surface area contributed by atoms with Gasteiger partial charge in [-0.05, 0) is 35.7 Å². The van der Waals surface area contributed by atoms with Crippen LogP contribution in [0, 0.1) is 5.92 Å². The summed E-state index contributed by atoms with van der Waals surface area (Å²) in [4.78, 5) is 28.2. The van der Waals surface area contributed by atoms with Gasteiger partial charge in [-0.3, -0.25) is 14.5 Å². The highest BCUT2D eigenvalue weighted by Gasteiger charge is 2.34. The summed E-state index contributed by atoms with van der Waals surface area (Å²) in [6.07, 6.45) is 0.604. The van der Waals surface area contributed by atoms with Crippen LogP contribution in [0.3, 0.4) is 0 Å². The Labute approximate surface area is 198 Å². The number of hydrogen-bond donors (Lipinski definition) is 0. The van der Waals surface area contributed by atoms with Crippen LogP contribution in [0.15, 0.2) is 40.8 Å². The number of nitrogens with zero attached hydrogens (tertiary/aromatic N) is 3. The van der Waals surface area contributed by atoms with E-state index in [0.29, 0.717) is 31.0 Å². The van der Waals surface area contributed by atoms with E-state index in [2.05, 4.69) is 0 Å². The Hall–Kier alpha value is -2.91. The molecule has 1 aromatic heterocycles. The normalized spacial score (nSPS) is 16.5. The summed E-state index contributed by atoms with van der Waals surface area (Å²) in [5.41, 5.74) is 1.80. The summed E-state index contributed by atoms with van der Waals surface area (Å²) in [6, 6.07) is 9.41. The molecule has 178 valence electrons. The van der Waals surface area contributed by atoms with Crippen molar-refractivity contribution in [1.82, 2.24) is 9.91 Å². The van der Waals surface area contributed by atoms with Gasteiger partial charge in [0.1, 0.15) is 0 Å². The average Bonchev–Trinajstić information content (AvgIpc) is 3.52. The lowest BCUT2D eigenvalue weighted by Crippen LogP contribution is -2.41. The molecule has 8 nitrogen and oxygen atoms in total. The van der Waals surface area contributed by atoms with E-state index in [0.717, 1.165) is 16.2 Å². The minimum Gasteiger partial charge on any atom is -0.493 e. The van der Waals surface area contributed by atoms with Crippen molar-refractivity contribution in [2.24, 2.45) is 11.0 Å². The van der Waals surface area contributed by atoms with Crippen LogP contribution in [0.5, 0.6) is 11.5 Å². The van der Waals surface area contributed by atoms with Gasteiger partial charge in [-0.2, -0.15) is 5.10 Å². The molecule has 2 aromatic rings. The van der Waals surface area contributed by atoms with Crippen molar-refractivity contribution >= 4 is 28.9 Å². The number of esters is 1. The molecule has 1 aliphatic heterocycles. The smallest absolute Gasteiger partial charge is 0.309 e. The van der Waals surface area contributed by atoms with Crippen molar-refractivity contribution in [3.8, 4) is 11.5 Å². The van der Waals surface area contributed by atoms with Crippen molar-refractivity contribution in [2.45, 2.75) is 26.3 Å². The van der Waals surface area contributed by atoms with Crippen molar-refractivity contribution in [2.75, 3.05) is 41.0 Å². The molecule has 0 bridgehead atoms. The van der Waals surface area contributed by atoms with Gasteiger partial charge < -0.3 is 14.2 Å². The summed E-state index contributed by atoms with van der Waals surface area (Å²) in [5.74, 6) is 0.497. The van der Waals surface area contributed by atoms with E-state index in [1.165, 1.54) is 7.11 Å². The molecule has 2 unspecified atom stereocenters. The number of rotatable bonds is 10. The Kier molecular flexibility index (Phi) is 8.46. The lowest BCUT2D eigenvalue weighted by atomic mass is 10.0. The highest BCUT2D eigenvalue weighted by Crippen LogP contribution is 2.38. The van der Waals surface area contributed by atoms with Crippen LogP contribution in [0.4, 0.5) is 0 Å². The van der Waals surface area contributed by atoms with E-state index in [1.807, 2.05) is 47.5 Å². The number of carbonyl (C=O) groups excluding carboxylic acids is 2. The standard InChI is InChI=1S/C24H31N3O5S/c1-6-26(14-16(2)24(29)32-5)15-23(28)27-19(13-18(25-27)22-8-7-11-33-22)17-9-10-20(30-3)21(12-17)31-4/h7-12,16,19H,6,13-15H2,1-5H3. The van der Waals surface area contributed by atoms with Crippen molar-refractivity contribution in [3.63, 3.8) is 0 Å². The predicted molar refractivity (Wildman–Crippen MR) is 128 cm³/mol. The van der Waals surface area contributed by atoms with E-state index in [1.54, 1.807) is 37.5 Å². The third-order valence-electron chi connectivity index (χ3n) is 5.71. The third kappa shape index (κ3) is 5.72. The Balaban J connectivity index is 1.86. The summed E-state index contributed by atoms with van der Waals surface area (Å²) in [7, 11) is 4.56. The summed E-state index contributed by atoms with van der Waals surface area (Å²) in [5, 5.41) is 8.30. The van der Waals surface area contributed by atoms with E-state index >= 15 is 0 Å². The summed E-state index contributed by atoms with van der Waals surface area (Å²) in [6.45, 7) is 4.99. The number of benzene rings is 1. The van der Waals surface area contributed by atoms with E-state index in [-0.39, 0.29) is 30.4 Å². The molecule has 2 heterocycles. The van der Waals surface area contributed by atoms with E-state index < -0.39 is 0 Å². The number of ether oxygens (including phenoxy) is 3. The zero-order chi connectivity index (χ0) is 24.0. The number of hydrogen-bond acceptors (Lipinski definition) is 8. The first-order chi connectivity index (χ1) is 15.9. The monoisotopic (exact) mass is 473 g/mol. The topological polar surface area (TPSA) is 80.7 Å². The zero-order valence-corrected chi connectivity index (χ0v) is 20.6. The highest BCUT2D eigenvalue weighted by molar-refractivity contribution is 7.12. The Bertz CT molecular complexity index is 992. The van der Waals surface area contributed by atoms with Crippen LogP contribution in [-0.4, -0.2) is 68.5 Å². The minimum absolute atomic E-state index is 0.125. The zero-order valence-electron chi connectivity index (χ0n) is 19.7. The Morgan fingerprint density at radius 2 is 1.97 bits per heavy atom. The molecule has 0 aliphatic carbocycles. The summed E-state index contributed by atoms with van der Waals surface area (Å²) >= 11 is 1.60. The molecular formula is C24H31N3O5S. The van der Waals surface area contributed by atoms with Crippen LogP contribution < -0.4 is 9.47 Å². The number of likely N-dealkylation sites (N-methyl/N-ethyl adjacent to an activating group) is 1. The first-order valence-electron chi connectivity index (χ1n) is 10.9.